The smallest absolute Gasteiger partial charge is 0.407 e. The molecule has 2 amide bonds. The molecule has 0 spiro atoms. The quantitative estimate of drug-likeness (QED) is 0.777. The number of nitrogens with zero attached hydrogens (tertiary/aromatic N) is 1. The van der Waals surface area contributed by atoms with Gasteiger partial charge in [-0.1, -0.05) is 0 Å². The normalized spacial score (nSPS) is 14.8. The molecule has 1 fully saturated rings. The Morgan fingerprint density at radius 3 is 2.28 bits per heavy atom. The van der Waals surface area contributed by atoms with Crippen LogP contribution in [0.2, 0.25) is 0 Å². The second-order valence-electron chi connectivity index (χ2n) is 5.64. The highest BCUT2D eigenvalue weighted by atomic mass is 35.5. The van der Waals surface area contributed by atoms with Crippen molar-refractivity contribution in [2.45, 2.75) is 18.9 Å². The van der Waals surface area contributed by atoms with E-state index in [1.807, 2.05) is 0 Å². The highest BCUT2D eigenvalue weighted by Gasteiger charge is 2.25. The van der Waals surface area contributed by atoms with Gasteiger partial charge in [0.25, 0.3) is 5.91 Å². The van der Waals surface area contributed by atoms with Crippen LogP contribution in [0, 0.1) is 0 Å². The van der Waals surface area contributed by atoms with Crippen LogP contribution in [0.5, 0.6) is 11.5 Å². The SMILES string of the molecule is COc1cc(OC)cc(C(=O)N2CCC(NC(=O)OCCCl)CC2)c1. The molecule has 0 unspecified atom stereocenters. The van der Waals surface area contributed by atoms with Crippen molar-refractivity contribution in [3.8, 4) is 11.5 Å². The molecule has 0 aliphatic carbocycles. The van der Waals surface area contributed by atoms with Crippen LogP contribution in [-0.2, 0) is 4.74 Å². The number of hydrogen-bond donors (Lipinski definition) is 1. The minimum atomic E-state index is -0.469. The molecule has 7 nitrogen and oxygen atoms in total. The molecule has 1 aliphatic heterocycles. The number of amides is 2. The molecular weight excluding hydrogens is 348 g/mol. The number of hydrogen-bond acceptors (Lipinski definition) is 5. The van der Waals surface area contributed by atoms with Gasteiger partial charge < -0.3 is 24.4 Å². The first-order chi connectivity index (χ1) is 12.1. The van der Waals surface area contributed by atoms with Crippen LogP contribution < -0.4 is 14.8 Å². The van der Waals surface area contributed by atoms with Crippen LogP contribution in [0.25, 0.3) is 0 Å². The van der Waals surface area contributed by atoms with Crippen LogP contribution in [0.1, 0.15) is 23.2 Å². The average Bonchev–Trinajstić information content (AvgIpc) is 2.65. The molecule has 1 aromatic carbocycles. The molecule has 1 aliphatic rings. The molecule has 1 aromatic rings. The van der Waals surface area contributed by atoms with Crippen molar-refractivity contribution in [1.82, 2.24) is 10.2 Å². The number of carbonyl (C=O) groups is 2. The van der Waals surface area contributed by atoms with E-state index in [4.69, 9.17) is 25.8 Å². The van der Waals surface area contributed by atoms with Gasteiger partial charge in [-0.05, 0) is 25.0 Å². The predicted octanol–water partition coefficient (Wildman–Crippen LogP) is 2.27. The third-order valence-corrected chi connectivity index (χ3v) is 4.17. The van der Waals surface area contributed by atoms with Crippen molar-refractivity contribution < 1.29 is 23.8 Å². The lowest BCUT2D eigenvalue weighted by atomic mass is 10.0. The molecule has 25 heavy (non-hydrogen) atoms. The number of piperidine rings is 1. The summed E-state index contributed by atoms with van der Waals surface area (Å²) in [7, 11) is 3.09. The average molecular weight is 371 g/mol. The number of ether oxygens (including phenoxy) is 3. The number of nitrogens with one attached hydrogen (secondary N) is 1. The van der Waals surface area contributed by atoms with Crippen molar-refractivity contribution in [3.63, 3.8) is 0 Å². The minimum absolute atomic E-state index is 0.00767. The summed E-state index contributed by atoms with van der Waals surface area (Å²) in [5.74, 6) is 1.33. The zero-order valence-electron chi connectivity index (χ0n) is 14.4. The molecule has 1 heterocycles. The summed E-state index contributed by atoms with van der Waals surface area (Å²) < 4.78 is 15.3. The first kappa shape index (κ1) is 19.2. The monoisotopic (exact) mass is 370 g/mol. The number of benzene rings is 1. The number of carbonyl (C=O) groups excluding carboxylic acids is 2. The van der Waals surface area contributed by atoms with Crippen molar-refractivity contribution in [3.05, 3.63) is 23.8 Å². The van der Waals surface area contributed by atoms with E-state index in [1.165, 1.54) is 0 Å². The summed E-state index contributed by atoms with van der Waals surface area (Å²) >= 11 is 5.48. The largest absolute Gasteiger partial charge is 0.497 e. The zero-order valence-corrected chi connectivity index (χ0v) is 15.2. The third-order valence-electron chi connectivity index (χ3n) is 4.01. The van der Waals surface area contributed by atoms with Gasteiger partial charge in [-0.15, -0.1) is 11.6 Å². The number of alkyl halides is 1. The molecule has 1 saturated heterocycles. The van der Waals surface area contributed by atoms with E-state index in [1.54, 1.807) is 37.3 Å². The van der Waals surface area contributed by atoms with Gasteiger partial charge in [0.05, 0.1) is 20.1 Å². The first-order valence-electron chi connectivity index (χ1n) is 8.09. The van der Waals surface area contributed by atoms with Crippen molar-refractivity contribution in [2.24, 2.45) is 0 Å². The lowest BCUT2D eigenvalue weighted by Gasteiger charge is -2.32. The third kappa shape index (κ3) is 5.42. The van der Waals surface area contributed by atoms with Gasteiger partial charge in [-0.2, -0.15) is 0 Å². The van der Waals surface area contributed by atoms with Gasteiger partial charge in [0.1, 0.15) is 18.1 Å². The summed E-state index contributed by atoms with van der Waals surface area (Å²) in [4.78, 5) is 26.0. The Labute approximate surface area is 152 Å². The first-order valence-corrected chi connectivity index (χ1v) is 8.62. The van der Waals surface area contributed by atoms with Gasteiger partial charge in [-0.3, -0.25) is 4.79 Å². The Kier molecular flexibility index (Phi) is 7.18. The molecule has 2 rings (SSSR count). The predicted molar refractivity (Wildman–Crippen MR) is 93.7 cm³/mol. The summed E-state index contributed by atoms with van der Waals surface area (Å²) in [5.41, 5.74) is 0.518. The molecule has 0 atom stereocenters. The zero-order chi connectivity index (χ0) is 18.2. The van der Waals surface area contributed by atoms with E-state index in [9.17, 15) is 9.59 Å². The fourth-order valence-electron chi connectivity index (χ4n) is 2.68. The van der Waals surface area contributed by atoms with Crippen molar-refractivity contribution in [1.29, 1.82) is 0 Å². The van der Waals surface area contributed by atoms with E-state index < -0.39 is 6.09 Å². The summed E-state index contributed by atoms with van der Waals surface area (Å²) in [6, 6.07) is 5.10. The Balaban J connectivity index is 1.92. The molecule has 0 bridgehead atoms. The summed E-state index contributed by atoms with van der Waals surface area (Å²) in [6.45, 7) is 1.29. The van der Waals surface area contributed by atoms with E-state index >= 15 is 0 Å². The van der Waals surface area contributed by atoms with Crippen LogP contribution in [-0.4, -0.2) is 62.7 Å². The second kappa shape index (κ2) is 9.36. The molecule has 1 N–H and O–H groups in total. The maximum absolute atomic E-state index is 12.7. The summed E-state index contributed by atoms with van der Waals surface area (Å²) in [6.07, 6.45) is 0.869. The number of methoxy groups -OCH3 is 2. The Morgan fingerprint density at radius 1 is 1.16 bits per heavy atom. The maximum Gasteiger partial charge on any atom is 0.407 e. The number of likely N-dealkylation sites (tertiary alicyclic amines) is 1. The maximum atomic E-state index is 12.7. The number of halogens is 1. The minimum Gasteiger partial charge on any atom is -0.497 e. The van der Waals surface area contributed by atoms with Gasteiger partial charge >= 0.3 is 6.09 Å². The van der Waals surface area contributed by atoms with Gasteiger partial charge in [0.2, 0.25) is 0 Å². The second-order valence-corrected chi connectivity index (χ2v) is 6.02. The van der Waals surface area contributed by atoms with E-state index in [-0.39, 0.29) is 24.4 Å². The molecule has 0 aromatic heterocycles. The lowest BCUT2D eigenvalue weighted by molar-refractivity contribution is 0.0702. The van der Waals surface area contributed by atoms with Gasteiger partial charge in [0, 0.05) is 30.8 Å². The Morgan fingerprint density at radius 2 is 1.76 bits per heavy atom. The highest BCUT2D eigenvalue weighted by molar-refractivity contribution is 6.18. The van der Waals surface area contributed by atoms with Crippen LogP contribution in [0.3, 0.4) is 0 Å². The Hall–Kier alpha value is -2.15. The molecule has 138 valence electrons. The summed E-state index contributed by atoms with van der Waals surface area (Å²) in [5, 5.41) is 2.79. The van der Waals surface area contributed by atoms with Crippen molar-refractivity contribution >= 4 is 23.6 Å². The van der Waals surface area contributed by atoms with Gasteiger partial charge in [0.15, 0.2) is 0 Å². The van der Waals surface area contributed by atoms with Gasteiger partial charge in [-0.25, -0.2) is 4.79 Å². The van der Waals surface area contributed by atoms with Crippen LogP contribution in [0.4, 0.5) is 4.79 Å². The highest BCUT2D eigenvalue weighted by Crippen LogP contribution is 2.24. The molecule has 0 radical (unpaired) electrons. The fourth-order valence-corrected chi connectivity index (χ4v) is 2.76. The molecule has 8 heteroatoms. The van der Waals surface area contributed by atoms with E-state index in [0.717, 1.165) is 0 Å². The lowest BCUT2D eigenvalue weighted by Crippen LogP contribution is -2.46. The van der Waals surface area contributed by atoms with E-state index in [0.29, 0.717) is 43.0 Å². The van der Waals surface area contributed by atoms with E-state index in [2.05, 4.69) is 5.32 Å². The number of rotatable bonds is 6. The van der Waals surface area contributed by atoms with Crippen LogP contribution >= 0.6 is 11.6 Å². The van der Waals surface area contributed by atoms with Crippen molar-refractivity contribution in [2.75, 3.05) is 39.8 Å². The number of alkyl carbamates (subject to hydrolysis) is 1. The Bertz CT molecular complexity index is 580. The molecular formula is C17H23ClN2O5. The van der Waals surface area contributed by atoms with Crippen LogP contribution in [0.15, 0.2) is 18.2 Å². The molecule has 0 saturated carbocycles. The topological polar surface area (TPSA) is 77.1 Å². The fraction of sp³-hybridized carbons (Fsp3) is 0.529. The standard InChI is InChI=1S/C17H23ClN2O5/c1-23-14-9-12(10-15(11-14)24-2)16(21)20-6-3-13(4-7-20)19-17(22)25-8-5-18/h9-11,13H,3-8H2,1-2H3,(H,19,22).